The number of hydrogen-bond acceptors (Lipinski definition) is 10. The number of piperazine rings is 1. The number of imidazole rings is 1. The molecule has 44 heavy (non-hydrogen) atoms. The molecule has 2 N–H and O–H groups in total. The molecule has 1 saturated carbocycles. The van der Waals surface area contributed by atoms with Gasteiger partial charge in [-0.2, -0.15) is 5.06 Å². The van der Waals surface area contributed by atoms with Crippen molar-refractivity contribution in [2.75, 3.05) is 56.1 Å². The Labute approximate surface area is 253 Å². The van der Waals surface area contributed by atoms with Gasteiger partial charge in [0.25, 0.3) is 0 Å². The van der Waals surface area contributed by atoms with E-state index in [1.165, 1.54) is 11.8 Å². The molecule has 2 aromatic heterocycles. The van der Waals surface area contributed by atoms with Crippen molar-refractivity contribution in [3.63, 3.8) is 0 Å². The number of halogens is 2. The Morgan fingerprint density at radius 2 is 1.89 bits per heavy atom. The van der Waals surface area contributed by atoms with Gasteiger partial charge in [0.2, 0.25) is 5.91 Å². The quantitative estimate of drug-likeness (QED) is 0.288. The number of amides is 2. The lowest BCUT2D eigenvalue weighted by atomic mass is 10.2. The van der Waals surface area contributed by atoms with Gasteiger partial charge < -0.3 is 19.4 Å². The fourth-order valence-corrected chi connectivity index (χ4v) is 5.61. The molecule has 6 rings (SSSR count). The minimum atomic E-state index is -0.736. The molecule has 15 heteroatoms. The number of nitrogens with zero attached hydrogens (tertiary/aromatic N) is 6. The summed E-state index contributed by atoms with van der Waals surface area (Å²) in [5, 5.41) is 7.72. The zero-order valence-electron chi connectivity index (χ0n) is 24.7. The van der Waals surface area contributed by atoms with Crippen molar-refractivity contribution in [1.29, 1.82) is 0 Å². The second kappa shape index (κ2) is 13.6. The van der Waals surface area contributed by atoms with Crippen LogP contribution in [-0.2, 0) is 14.4 Å². The number of hydrogen-bond donors (Lipinski definition) is 2. The fraction of sp³-hybridized carbons (Fsp3) is 0.483. The van der Waals surface area contributed by atoms with E-state index in [9.17, 15) is 23.2 Å². The third-order valence-corrected chi connectivity index (χ3v) is 7.90. The molecule has 236 valence electrons. The molecule has 2 saturated heterocycles. The summed E-state index contributed by atoms with van der Waals surface area (Å²) in [5.41, 5.74) is 0.753. The number of fused-ring (bicyclic) bond motifs is 1. The monoisotopic (exact) mass is 614 g/mol. The smallest absolute Gasteiger partial charge is 0.414 e. The summed E-state index contributed by atoms with van der Waals surface area (Å²) >= 11 is 0. The Hall–Kier alpha value is -4.21. The highest BCUT2D eigenvalue weighted by Crippen LogP contribution is 2.34. The number of nitrogens with one attached hydrogen (secondary N) is 2. The Kier molecular flexibility index (Phi) is 9.66. The fourth-order valence-electron chi connectivity index (χ4n) is 5.61. The molecule has 0 spiro atoms. The molecular formula is C29H36F2N8O5. The van der Waals surface area contributed by atoms with Crippen molar-refractivity contribution in [2.45, 2.75) is 44.4 Å². The van der Waals surface area contributed by atoms with Crippen LogP contribution < -0.4 is 20.4 Å². The first-order valence-electron chi connectivity index (χ1n) is 14.5. The van der Waals surface area contributed by atoms with E-state index < -0.39 is 23.8 Å². The number of ether oxygens (including phenoxy) is 1. The maximum Gasteiger partial charge on any atom is 0.414 e. The molecule has 2 amide bonds. The standard InChI is InChI=1S/C22H31F2N5O4.C7H5N3O/c1-15(30)26-13-17-14-29(21(31)32-17)16-11-18(23)20(19(24)12-16)27-7-9-28(10-8-27)33-22(25-2)5-3-4-6-22;11-5-6-4-10-2-1-8-3-7(10)9-6/h11-12,17,25H,3-10,13-14H2,1-2H3,(H,26,30);1-5H. The van der Waals surface area contributed by atoms with Gasteiger partial charge in [-0.3, -0.25) is 29.6 Å². The van der Waals surface area contributed by atoms with E-state index in [2.05, 4.69) is 20.6 Å². The average Bonchev–Trinajstić information content (AvgIpc) is 3.75. The molecule has 13 nitrogen and oxygen atoms in total. The van der Waals surface area contributed by atoms with Crippen molar-refractivity contribution in [1.82, 2.24) is 30.1 Å². The Morgan fingerprint density at radius 1 is 1.18 bits per heavy atom. The molecule has 3 fully saturated rings. The van der Waals surface area contributed by atoms with E-state index in [-0.39, 0.29) is 36.1 Å². The molecule has 1 unspecified atom stereocenters. The zero-order valence-corrected chi connectivity index (χ0v) is 24.7. The molecule has 1 atom stereocenters. The van der Waals surface area contributed by atoms with Crippen molar-refractivity contribution in [2.24, 2.45) is 0 Å². The van der Waals surface area contributed by atoms with Crippen molar-refractivity contribution in [3.05, 3.63) is 54.2 Å². The molecule has 4 heterocycles. The van der Waals surface area contributed by atoms with Crippen LogP contribution in [0.2, 0.25) is 0 Å². The molecule has 1 aliphatic carbocycles. The Bertz CT molecular complexity index is 1430. The van der Waals surface area contributed by atoms with Gasteiger partial charge in [-0.15, -0.1) is 0 Å². The number of hydroxylamine groups is 2. The first-order chi connectivity index (χ1) is 21.2. The lowest BCUT2D eigenvalue weighted by Crippen LogP contribution is -2.54. The van der Waals surface area contributed by atoms with E-state index in [0.29, 0.717) is 43.8 Å². The highest BCUT2D eigenvalue weighted by atomic mass is 19.1. The summed E-state index contributed by atoms with van der Waals surface area (Å²) in [7, 11) is 1.89. The van der Waals surface area contributed by atoms with Gasteiger partial charge in [0, 0.05) is 63.8 Å². The van der Waals surface area contributed by atoms with Crippen LogP contribution in [-0.4, -0.2) is 95.9 Å². The number of aromatic nitrogens is 3. The van der Waals surface area contributed by atoms with Gasteiger partial charge in [0.15, 0.2) is 23.6 Å². The van der Waals surface area contributed by atoms with Gasteiger partial charge >= 0.3 is 6.09 Å². The summed E-state index contributed by atoms with van der Waals surface area (Å²) < 4.78 is 36.9. The number of carbonyl (C=O) groups is 3. The summed E-state index contributed by atoms with van der Waals surface area (Å²) in [6.45, 7) is 3.47. The van der Waals surface area contributed by atoms with Crippen LogP contribution in [0.4, 0.5) is 25.0 Å². The maximum atomic E-state index is 15.0. The SMILES string of the molecule is CNC1(ON2CCN(c3c(F)cc(N4CC(CNC(C)=O)OC4=O)cc3F)CC2)CCCC1.O=Cc1cn2ccncc2n1. The van der Waals surface area contributed by atoms with Crippen LogP contribution in [0.15, 0.2) is 36.9 Å². The van der Waals surface area contributed by atoms with Crippen molar-refractivity contribution >= 4 is 35.3 Å². The second-order valence-electron chi connectivity index (χ2n) is 10.9. The van der Waals surface area contributed by atoms with Gasteiger partial charge in [0.1, 0.15) is 23.2 Å². The third-order valence-electron chi connectivity index (χ3n) is 7.90. The van der Waals surface area contributed by atoms with Crippen molar-refractivity contribution in [3.8, 4) is 0 Å². The maximum absolute atomic E-state index is 15.0. The molecule has 3 aliphatic rings. The number of benzene rings is 1. The topological polar surface area (TPSA) is 134 Å². The predicted molar refractivity (Wildman–Crippen MR) is 156 cm³/mol. The van der Waals surface area contributed by atoms with Gasteiger partial charge in [-0.25, -0.2) is 18.6 Å². The molecule has 0 radical (unpaired) electrons. The summed E-state index contributed by atoms with van der Waals surface area (Å²) in [4.78, 5) is 50.4. The number of aldehydes is 1. The van der Waals surface area contributed by atoms with Crippen molar-refractivity contribution < 1.29 is 32.7 Å². The highest BCUT2D eigenvalue weighted by Gasteiger charge is 2.37. The summed E-state index contributed by atoms with van der Waals surface area (Å²) in [6, 6.07) is 2.30. The average molecular weight is 615 g/mol. The minimum Gasteiger partial charge on any atom is -0.442 e. The Balaban J connectivity index is 0.000000291. The van der Waals surface area contributed by atoms with E-state index in [0.717, 1.165) is 37.8 Å². The molecule has 3 aromatic rings. The molecule has 0 bridgehead atoms. The number of rotatable bonds is 8. The third kappa shape index (κ3) is 7.11. The number of cyclic esters (lactones) is 1. The zero-order chi connectivity index (χ0) is 31.3. The second-order valence-corrected chi connectivity index (χ2v) is 10.9. The first-order valence-corrected chi connectivity index (χ1v) is 14.5. The lowest BCUT2D eigenvalue weighted by molar-refractivity contribution is -0.256. The normalized spacial score (nSPS) is 19.9. The first kappa shape index (κ1) is 31.2. The van der Waals surface area contributed by atoms with Crippen LogP contribution in [0, 0.1) is 11.6 Å². The van der Waals surface area contributed by atoms with Crippen LogP contribution in [0.25, 0.3) is 5.65 Å². The van der Waals surface area contributed by atoms with Crippen LogP contribution in [0.1, 0.15) is 43.1 Å². The largest absolute Gasteiger partial charge is 0.442 e. The number of anilines is 2. The van der Waals surface area contributed by atoms with Gasteiger partial charge in [-0.1, -0.05) is 0 Å². The predicted octanol–water partition coefficient (Wildman–Crippen LogP) is 2.51. The summed E-state index contributed by atoms with van der Waals surface area (Å²) in [5.74, 6) is -1.72. The Morgan fingerprint density at radius 3 is 2.50 bits per heavy atom. The highest BCUT2D eigenvalue weighted by molar-refractivity contribution is 5.90. The van der Waals surface area contributed by atoms with E-state index in [4.69, 9.17) is 9.57 Å². The molecular weight excluding hydrogens is 578 g/mol. The molecule has 1 aromatic carbocycles. The van der Waals surface area contributed by atoms with Gasteiger partial charge in [-0.05, 0) is 32.7 Å². The van der Waals surface area contributed by atoms with E-state index >= 15 is 0 Å². The van der Waals surface area contributed by atoms with Crippen LogP contribution >= 0.6 is 0 Å². The lowest BCUT2D eigenvalue weighted by Gasteiger charge is -2.40. The van der Waals surface area contributed by atoms with E-state index in [1.54, 1.807) is 34.1 Å². The van der Waals surface area contributed by atoms with Gasteiger partial charge in [0.05, 0.1) is 25.0 Å². The van der Waals surface area contributed by atoms with Crippen LogP contribution in [0.3, 0.4) is 0 Å². The molecule has 2 aliphatic heterocycles. The van der Waals surface area contributed by atoms with Crippen LogP contribution in [0.5, 0.6) is 0 Å². The van der Waals surface area contributed by atoms with E-state index in [1.807, 2.05) is 12.1 Å². The summed E-state index contributed by atoms with van der Waals surface area (Å²) in [6.07, 6.45) is 10.2. The number of carbonyl (C=O) groups excluding carboxylic acids is 3. The minimum absolute atomic E-state index is 0.0863.